The molecule has 4 nitrogen and oxygen atoms in total. The second-order valence-corrected chi connectivity index (χ2v) is 5.20. The van der Waals surface area contributed by atoms with E-state index < -0.39 is 0 Å². The molecule has 0 amide bonds. The maximum absolute atomic E-state index is 10.2. The van der Waals surface area contributed by atoms with Crippen LogP contribution in [0.15, 0.2) is 18.2 Å². The molecule has 0 saturated heterocycles. The molecule has 1 aromatic carbocycles. The minimum absolute atomic E-state index is 0.313. The summed E-state index contributed by atoms with van der Waals surface area (Å²) in [4.78, 5) is 2.14. The molecular weight excluding hydrogens is 266 g/mol. The fourth-order valence-electron chi connectivity index (χ4n) is 2.49. The van der Waals surface area contributed by atoms with Gasteiger partial charge in [-0.2, -0.15) is 0 Å². The number of methoxy groups -OCH3 is 2. The number of ether oxygens (including phenoxy) is 2. The van der Waals surface area contributed by atoms with Gasteiger partial charge in [0.05, 0.1) is 26.0 Å². The van der Waals surface area contributed by atoms with E-state index in [4.69, 9.17) is 9.47 Å². The maximum Gasteiger partial charge on any atom is 0.184 e. The third-order valence-electron chi connectivity index (χ3n) is 3.68. The van der Waals surface area contributed by atoms with Crippen LogP contribution in [0, 0.1) is 0 Å². The molecule has 0 aliphatic rings. The number of benzene rings is 1. The molecule has 1 N–H and O–H groups in total. The molecule has 0 saturated carbocycles. The van der Waals surface area contributed by atoms with Gasteiger partial charge in [-0.3, -0.25) is 0 Å². The molecule has 0 radical (unpaired) electrons. The van der Waals surface area contributed by atoms with E-state index in [1.807, 2.05) is 18.2 Å². The predicted octanol–water partition coefficient (Wildman–Crippen LogP) is 3.47. The highest BCUT2D eigenvalue weighted by atomic mass is 16.5. The van der Waals surface area contributed by atoms with Crippen molar-refractivity contribution in [2.75, 3.05) is 32.2 Å². The number of hydrogen-bond acceptors (Lipinski definition) is 4. The largest absolute Gasteiger partial charge is 0.493 e. The maximum atomic E-state index is 10.2. The van der Waals surface area contributed by atoms with Crippen LogP contribution in [-0.4, -0.2) is 38.5 Å². The van der Waals surface area contributed by atoms with Gasteiger partial charge in [-0.25, -0.2) is 0 Å². The van der Waals surface area contributed by atoms with Crippen LogP contribution in [0.5, 0.6) is 11.5 Å². The van der Waals surface area contributed by atoms with Crippen LogP contribution in [0.2, 0.25) is 0 Å². The predicted molar refractivity (Wildman–Crippen MR) is 87.6 cm³/mol. The summed E-state index contributed by atoms with van der Waals surface area (Å²) in [6.07, 6.45) is 3.95. The van der Waals surface area contributed by atoms with Crippen LogP contribution in [0.4, 0.5) is 5.69 Å². The summed E-state index contributed by atoms with van der Waals surface area (Å²) in [6.45, 7) is 5.68. The Hall–Kier alpha value is -1.42. The molecule has 0 spiro atoms. The fourth-order valence-corrected chi connectivity index (χ4v) is 2.49. The average molecular weight is 295 g/mol. The van der Waals surface area contributed by atoms with Crippen molar-refractivity contribution in [1.82, 2.24) is 0 Å². The number of hydrogen-bond donors (Lipinski definition) is 1. The standard InChI is InChI=1S/C17H29NO3/c1-5-7-8-10-14(19)13-18(6-2)15-11-9-12-16(20-3)17(15)21-4/h9,11-12,14,19H,5-8,10,13H2,1-4H3. The molecule has 0 aliphatic heterocycles. The highest BCUT2D eigenvalue weighted by Gasteiger charge is 2.17. The quantitative estimate of drug-likeness (QED) is 0.671. The van der Waals surface area contributed by atoms with Crippen molar-refractivity contribution in [3.63, 3.8) is 0 Å². The van der Waals surface area contributed by atoms with Gasteiger partial charge in [0.2, 0.25) is 0 Å². The molecule has 21 heavy (non-hydrogen) atoms. The van der Waals surface area contributed by atoms with E-state index in [9.17, 15) is 5.11 Å². The van der Waals surface area contributed by atoms with Crippen molar-refractivity contribution in [2.45, 2.75) is 45.6 Å². The lowest BCUT2D eigenvalue weighted by atomic mass is 10.1. The Morgan fingerprint density at radius 1 is 1.14 bits per heavy atom. The van der Waals surface area contributed by atoms with Crippen molar-refractivity contribution in [3.8, 4) is 11.5 Å². The van der Waals surface area contributed by atoms with Gasteiger partial charge in [0, 0.05) is 13.1 Å². The number of aliphatic hydroxyl groups is 1. The van der Waals surface area contributed by atoms with Gasteiger partial charge < -0.3 is 19.5 Å². The topological polar surface area (TPSA) is 41.9 Å². The Morgan fingerprint density at radius 2 is 1.90 bits per heavy atom. The Balaban J connectivity index is 2.80. The lowest BCUT2D eigenvalue weighted by molar-refractivity contribution is 0.166. The molecule has 0 heterocycles. The Bertz CT molecular complexity index is 409. The SMILES string of the molecule is CCCCCC(O)CN(CC)c1cccc(OC)c1OC. The third-order valence-corrected chi connectivity index (χ3v) is 3.68. The molecule has 4 heteroatoms. The van der Waals surface area contributed by atoms with Gasteiger partial charge in [-0.15, -0.1) is 0 Å². The fraction of sp³-hybridized carbons (Fsp3) is 0.647. The van der Waals surface area contributed by atoms with Gasteiger partial charge in [0.15, 0.2) is 11.5 Å². The summed E-state index contributed by atoms with van der Waals surface area (Å²) < 4.78 is 10.8. The zero-order chi connectivity index (χ0) is 15.7. The normalized spacial score (nSPS) is 12.0. The Morgan fingerprint density at radius 3 is 2.48 bits per heavy atom. The van der Waals surface area contributed by atoms with Crippen molar-refractivity contribution in [2.24, 2.45) is 0 Å². The summed E-state index contributed by atoms with van der Waals surface area (Å²) in [5.74, 6) is 1.44. The van der Waals surface area contributed by atoms with Gasteiger partial charge in [0.1, 0.15) is 0 Å². The monoisotopic (exact) mass is 295 g/mol. The van der Waals surface area contributed by atoms with E-state index in [2.05, 4.69) is 18.7 Å². The van der Waals surface area contributed by atoms with Gasteiger partial charge in [0.25, 0.3) is 0 Å². The van der Waals surface area contributed by atoms with Crippen LogP contribution in [0.3, 0.4) is 0 Å². The van der Waals surface area contributed by atoms with Crippen molar-refractivity contribution in [3.05, 3.63) is 18.2 Å². The van der Waals surface area contributed by atoms with Crippen molar-refractivity contribution in [1.29, 1.82) is 0 Å². The van der Waals surface area contributed by atoms with E-state index in [0.29, 0.717) is 12.3 Å². The summed E-state index contributed by atoms with van der Waals surface area (Å²) in [5, 5.41) is 10.2. The second-order valence-electron chi connectivity index (χ2n) is 5.20. The molecule has 0 fully saturated rings. The van der Waals surface area contributed by atoms with Crippen LogP contribution < -0.4 is 14.4 Å². The first-order chi connectivity index (χ1) is 10.2. The van der Waals surface area contributed by atoms with E-state index in [1.54, 1.807) is 14.2 Å². The number of unbranched alkanes of at least 4 members (excludes halogenated alkanes) is 2. The summed E-state index contributed by atoms with van der Waals surface area (Å²) in [7, 11) is 3.28. The van der Waals surface area contributed by atoms with Gasteiger partial charge >= 0.3 is 0 Å². The lowest BCUT2D eigenvalue weighted by Gasteiger charge is -2.28. The molecule has 1 atom stereocenters. The molecule has 1 aromatic rings. The highest BCUT2D eigenvalue weighted by Crippen LogP contribution is 2.37. The van der Waals surface area contributed by atoms with E-state index in [1.165, 1.54) is 12.8 Å². The van der Waals surface area contributed by atoms with E-state index in [0.717, 1.165) is 30.8 Å². The number of aliphatic hydroxyl groups excluding tert-OH is 1. The average Bonchev–Trinajstić information content (AvgIpc) is 2.51. The number of likely N-dealkylation sites (N-methyl/N-ethyl adjacent to an activating group) is 1. The lowest BCUT2D eigenvalue weighted by Crippen LogP contribution is -2.32. The first kappa shape index (κ1) is 17.6. The Labute approximate surface area is 128 Å². The van der Waals surface area contributed by atoms with Crippen molar-refractivity contribution < 1.29 is 14.6 Å². The second kappa shape index (κ2) is 9.50. The summed E-state index contributed by atoms with van der Waals surface area (Å²) in [5.41, 5.74) is 0.967. The first-order valence-corrected chi connectivity index (χ1v) is 7.81. The zero-order valence-corrected chi connectivity index (χ0v) is 13.8. The molecule has 0 aromatic heterocycles. The minimum Gasteiger partial charge on any atom is -0.493 e. The molecule has 120 valence electrons. The van der Waals surface area contributed by atoms with Gasteiger partial charge in [-0.1, -0.05) is 32.3 Å². The van der Waals surface area contributed by atoms with Gasteiger partial charge in [-0.05, 0) is 25.5 Å². The number of anilines is 1. The molecule has 1 unspecified atom stereocenters. The number of para-hydroxylation sites is 1. The van der Waals surface area contributed by atoms with E-state index >= 15 is 0 Å². The minimum atomic E-state index is -0.313. The zero-order valence-electron chi connectivity index (χ0n) is 13.8. The van der Waals surface area contributed by atoms with Crippen LogP contribution in [-0.2, 0) is 0 Å². The molecule has 0 bridgehead atoms. The van der Waals surface area contributed by atoms with E-state index in [-0.39, 0.29) is 6.10 Å². The highest BCUT2D eigenvalue weighted by molar-refractivity contribution is 5.64. The van der Waals surface area contributed by atoms with Crippen LogP contribution in [0.1, 0.15) is 39.5 Å². The number of nitrogens with zero attached hydrogens (tertiary/aromatic N) is 1. The third kappa shape index (κ3) is 5.12. The van der Waals surface area contributed by atoms with Crippen LogP contribution >= 0.6 is 0 Å². The number of rotatable bonds is 10. The van der Waals surface area contributed by atoms with Crippen molar-refractivity contribution >= 4 is 5.69 Å². The molecule has 1 rings (SSSR count). The molecular formula is C17H29NO3. The summed E-state index contributed by atoms with van der Waals surface area (Å²) >= 11 is 0. The molecule has 0 aliphatic carbocycles. The Kier molecular flexibility index (Phi) is 7.98. The first-order valence-electron chi connectivity index (χ1n) is 7.81. The summed E-state index contributed by atoms with van der Waals surface area (Å²) in [6, 6.07) is 5.83. The van der Waals surface area contributed by atoms with Crippen LogP contribution in [0.25, 0.3) is 0 Å². The smallest absolute Gasteiger partial charge is 0.184 e.